The molecule has 0 aliphatic carbocycles. The summed E-state index contributed by atoms with van der Waals surface area (Å²) in [5.74, 6) is 0.218. The Hall–Kier alpha value is -0.550. The molecule has 3 nitrogen and oxygen atoms in total. The second kappa shape index (κ2) is 5.61. The minimum Gasteiger partial charge on any atom is -0.369 e. The van der Waals surface area contributed by atoms with Crippen molar-refractivity contribution in [1.29, 1.82) is 0 Å². The first-order valence-corrected chi connectivity index (χ1v) is 8.82. The fraction of sp³-hybridized carbons (Fsp3) is 0.538. The van der Waals surface area contributed by atoms with Crippen LogP contribution in [0.5, 0.6) is 0 Å². The molecule has 0 saturated carbocycles. The van der Waals surface area contributed by atoms with Gasteiger partial charge in [-0.25, -0.2) is 8.42 Å². The maximum absolute atomic E-state index is 12.3. The number of alkyl halides is 1. The van der Waals surface area contributed by atoms with Crippen molar-refractivity contribution in [3.8, 4) is 0 Å². The fourth-order valence-corrected chi connectivity index (χ4v) is 4.41. The maximum atomic E-state index is 12.3. The topological polar surface area (TPSA) is 37.4 Å². The highest BCUT2D eigenvalue weighted by Gasteiger charge is 2.25. The van der Waals surface area contributed by atoms with Crippen LogP contribution in [0.15, 0.2) is 29.2 Å². The summed E-state index contributed by atoms with van der Waals surface area (Å²) in [6, 6.07) is 7.34. The quantitative estimate of drug-likeness (QED) is 0.796. The van der Waals surface area contributed by atoms with Crippen molar-refractivity contribution < 1.29 is 8.42 Å². The number of benzene rings is 1. The molecule has 1 aromatic carbocycles. The van der Waals surface area contributed by atoms with Gasteiger partial charge in [0.2, 0.25) is 0 Å². The van der Waals surface area contributed by atoms with Gasteiger partial charge in [-0.1, -0.05) is 35.0 Å². The van der Waals surface area contributed by atoms with Gasteiger partial charge in [-0.05, 0) is 25.0 Å². The van der Waals surface area contributed by atoms with Gasteiger partial charge < -0.3 is 4.90 Å². The number of halogens is 1. The summed E-state index contributed by atoms with van der Waals surface area (Å²) in [5.41, 5.74) is 0.855. The van der Waals surface area contributed by atoms with E-state index in [0.717, 1.165) is 25.2 Å². The highest BCUT2D eigenvalue weighted by Crippen LogP contribution is 2.30. The second-order valence-corrected chi connectivity index (χ2v) is 7.99. The Bertz CT molecular complexity index is 515. The largest absolute Gasteiger partial charge is 0.369 e. The molecule has 0 spiro atoms. The molecule has 0 radical (unpaired) electrons. The summed E-state index contributed by atoms with van der Waals surface area (Å²) in [6.45, 7) is 3.68. The van der Waals surface area contributed by atoms with Gasteiger partial charge >= 0.3 is 0 Å². The van der Waals surface area contributed by atoms with Gasteiger partial charge in [0.25, 0.3) is 0 Å². The van der Waals surface area contributed by atoms with E-state index in [4.69, 9.17) is 0 Å². The standard InChI is InChI=1S/C13H18BrNO2S/c1-2-9-18(16,17)13-6-4-3-5-12(13)15-8-7-11(14)10-15/h3-6,11H,2,7-10H2,1H3. The summed E-state index contributed by atoms with van der Waals surface area (Å²) in [6.07, 6.45) is 1.71. The molecule has 1 aliphatic rings. The average Bonchev–Trinajstić information content (AvgIpc) is 2.76. The van der Waals surface area contributed by atoms with E-state index in [0.29, 0.717) is 16.1 Å². The van der Waals surface area contributed by atoms with E-state index < -0.39 is 9.84 Å². The van der Waals surface area contributed by atoms with Gasteiger partial charge in [0.15, 0.2) is 9.84 Å². The van der Waals surface area contributed by atoms with Crippen LogP contribution in [0, 0.1) is 0 Å². The van der Waals surface area contributed by atoms with Crippen LogP contribution in [0.3, 0.4) is 0 Å². The molecule has 0 amide bonds. The number of nitrogens with zero attached hydrogens (tertiary/aromatic N) is 1. The minimum atomic E-state index is -3.15. The molecule has 1 unspecified atom stereocenters. The van der Waals surface area contributed by atoms with E-state index in [1.165, 1.54) is 0 Å². The van der Waals surface area contributed by atoms with E-state index in [-0.39, 0.29) is 5.75 Å². The second-order valence-electron chi connectivity index (χ2n) is 4.62. The van der Waals surface area contributed by atoms with E-state index >= 15 is 0 Å². The molecule has 0 N–H and O–H groups in total. The van der Waals surface area contributed by atoms with E-state index in [2.05, 4.69) is 20.8 Å². The highest BCUT2D eigenvalue weighted by molar-refractivity contribution is 9.09. The van der Waals surface area contributed by atoms with Crippen LogP contribution in [0.2, 0.25) is 0 Å². The van der Waals surface area contributed by atoms with Crippen molar-refractivity contribution in [2.45, 2.75) is 29.5 Å². The Morgan fingerprint density at radius 1 is 1.39 bits per heavy atom. The van der Waals surface area contributed by atoms with Crippen molar-refractivity contribution in [2.24, 2.45) is 0 Å². The Morgan fingerprint density at radius 2 is 2.11 bits per heavy atom. The molecule has 0 aromatic heterocycles. The van der Waals surface area contributed by atoms with Gasteiger partial charge in [-0.15, -0.1) is 0 Å². The predicted molar refractivity (Wildman–Crippen MR) is 78.3 cm³/mol. The maximum Gasteiger partial charge on any atom is 0.180 e. The van der Waals surface area contributed by atoms with Crippen LogP contribution in [-0.4, -0.2) is 32.1 Å². The normalized spacial score (nSPS) is 20.3. The molecule has 1 atom stereocenters. The number of hydrogen-bond donors (Lipinski definition) is 0. The molecule has 5 heteroatoms. The lowest BCUT2D eigenvalue weighted by Crippen LogP contribution is -2.22. The number of rotatable bonds is 4. The lowest BCUT2D eigenvalue weighted by Gasteiger charge is -2.21. The molecule has 100 valence electrons. The third-order valence-corrected chi connectivity index (χ3v) is 5.85. The minimum absolute atomic E-state index is 0.218. The van der Waals surface area contributed by atoms with Crippen LogP contribution in [0.1, 0.15) is 19.8 Å². The smallest absolute Gasteiger partial charge is 0.180 e. The molecule has 0 bridgehead atoms. The Morgan fingerprint density at radius 3 is 2.72 bits per heavy atom. The third-order valence-electron chi connectivity index (χ3n) is 3.14. The van der Waals surface area contributed by atoms with Gasteiger partial charge in [0, 0.05) is 17.9 Å². The van der Waals surface area contributed by atoms with Crippen molar-refractivity contribution in [2.75, 3.05) is 23.7 Å². The zero-order valence-corrected chi connectivity index (χ0v) is 12.9. The van der Waals surface area contributed by atoms with Crippen LogP contribution < -0.4 is 4.90 Å². The van der Waals surface area contributed by atoms with E-state index in [1.54, 1.807) is 12.1 Å². The van der Waals surface area contributed by atoms with Crippen LogP contribution in [-0.2, 0) is 9.84 Å². The Balaban J connectivity index is 2.37. The molecule has 1 aromatic rings. The monoisotopic (exact) mass is 331 g/mol. The van der Waals surface area contributed by atoms with Crippen molar-refractivity contribution in [1.82, 2.24) is 0 Å². The molecular formula is C13H18BrNO2S. The highest BCUT2D eigenvalue weighted by atomic mass is 79.9. The Kier molecular flexibility index (Phi) is 4.33. The SMILES string of the molecule is CCCS(=O)(=O)c1ccccc1N1CCC(Br)C1. The van der Waals surface area contributed by atoms with Crippen molar-refractivity contribution in [3.05, 3.63) is 24.3 Å². The van der Waals surface area contributed by atoms with Gasteiger partial charge in [-0.3, -0.25) is 0 Å². The molecule has 1 aliphatic heterocycles. The number of para-hydroxylation sites is 1. The van der Waals surface area contributed by atoms with Gasteiger partial charge in [0.05, 0.1) is 16.3 Å². The molecule has 18 heavy (non-hydrogen) atoms. The zero-order valence-electron chi connectivity index (χ0n) is 10.5. The molecule has 1 fully saturated rings. The van der Waals surface area contributed by atoms with Gasteiger partial charge in [0.1, 0.15) is 0 Å². The lowest BCUT2D eigenvalue weighted by molar-refractivity contribution is 0.594. The first kappa shape index (κ1) is 13.9. The molecule has 1 saturated heterocycles. The number of hydrogen-bond acceptors (Lipinski definition) is 3. The zero-order chi connectivity index (χ0) is 13.2. The summed E-state index contributed by atoms with van der Waals surface area (Å²) >= 11 is 3.59. The van der Waals surface area contributed by atoms with E-state index in [1.807, 2.05) is 19.1 Å². The number of sulfone groups is 1. The van der Waals surface area contributed by atoms with E-state index in [9.17, 15) is 8.42 Å². The van der Waals surface area contributed by atoms with Crippen molar-refractivity contribution in [3.63, 3.8) is 0 Å². The fourth-order valence-electron chi connectivity index (χ4n) is 2.30. The first-order chi connectivity index (χ1) is 8.54. The first-order valence-electron chi connectivity index (χ1n) is 6.25. The van der Waals surface area contributed by atoms with Crippen molar-refractivity contribution >= 4 is 31.5 Å². The van der Waals surface area contributed by atoms with Crippen LogP contribution in [0.25, 0.3) is 0 Å². The molecular weight excluding hydrogens is 314 g/mol. The average molecular weight is 332 g/mol. The van der Waals surface area contributed by atoms with Gasteiger partial charge in [-0.2, -0.15) is 0 Å². The summed E-state index contributed by atoms with van der Waals surface area (Å²) in [4.78, 5) is 3.09. The third kappa shape index (κ3) is 2.88. The van der Waals surface area contributed by atoms with Crippen LogP contribution in [0.4, 0.5) is 5.69 Å². The summed E-state index contributed by atoms with van der Waals surface area (Å²) in [7, 11) is -3.15. The number of anilines is 1. The lowest BCUT2D eigenvalue weighted by atomic mass is 10.3. The molecule has 1 heterocycles. The Labute approximate surface area is 117 Å². The molecule has 2 rings (SSSR count). The summed E-state index contributed by atoms with van der Waals surface area (Å²) in [5, 5.41) is 0. The van der Waals surface area contributed by atoms with Crippen LogP contribution >= 0.6 is 15.9 Å². The summed E-state index contributed by atoms with van der Waals surface area (Å²) < 4.78 is 24.5. The predicted octanol–water partition coefficient (Wildman–Crippen LogP) is 2.84.